The Bertz CT molecular complexity index is 568. The number of hydrogen-bond donors (Lipinski definition) is 1. The van der Waals surface area contributed by atoms with Crippen molar-refractivity contribution in [2.75, 3.05) is 33.1 Å². The summed E-state index contributed by atoms with van der Waals surface area (Å²) >= 11 is 0. The summed E-state index contributed by atoms with van der Waals surface area (Å²) in [5.74, 6) is 0.537. The second-order valence-electron chi connectivity index (χ2n) is 4.77. The van der Waals surface area contributed by atoms with Crippen molar-refractivity contribution < 1.29 is 17.9 Å². The zero-order valence-corrected chi connectivity index (χ0v) is 12.5. The van der Waals surface area contributed by atoms with Gasteiger partial charge < -0.3 is 15.2 Å². The van der Waals surface area contributed by atoms with Gasteiger partial charge in [0.15, 0.2) is 0 Å². The lowest BCUT2D eigenvalue weighted by Gasteiger charge is -2.30. The molecule has 7 heteroatoms. The molecule has 1 aromatic carbocycles. The molecule has 0 bridgehead atoms. The number of nitrogens with zero attached hydrogens (tertiary/aromatic N) is 1. The van der Waals surface area contributed by atoms with Gasteiger partial charge in [-0.1, -0.05) is 0 Å². The standard InChI is InChI=1S/C13H20N2O4S/c1-15(10-5-7-19-8-6-10)20(16,17)13-4-3-11(18-2)9-12(13)14/h3-4,9-10H,5-8,14H2,1-2H3. The summed E-state index contributed by atoms with van der Waals surface area (Å²) in [4.78, 5) is 0.118. The Labute approximate surface area is 119 Å². The molecule has 20 heavy (non-hydrogen) atoms. The van der Waals surface area contributed by atoms with E-state index in [2.05, 4.69) is 0 Å². The summed E-state index contributed by atoms with van der Waals surface area (Å²) in [5.41, 5.74) is 6.04. The third-order valence-corrected chi connectivity index (χ3v) is 5.56. The average Bonchev–Trinajstić information content (AvgIpc) is 2.46. The molecule has 0 saturated carbocycles. The van der Waals surface area contributed by atoms with Gasteiger partial charge in [0.1, 0.15) is 10.6 Å². The Kier molecular flexibility index (Phi) is 4.52. The minimum atomic E-state index is -3.60. The molecule has 112 valence electrons. The minimum Gasteiger partial charge on any atom is -0.497 e. The number of hydrogen-bond acceptors (Lipinski definition) is 5. The monoisotopic (exact) mass is 300 g/mol. The number of benzene rings is 1. The lowest BCUT2D eigenvalue weighted by Crippen LogP contribution is -2.40. The highest BCUT2D eigenvalue weighted by Crippen LogP contribution is 2.28. The van der Waals surface area contributed by atoms with Crippen LogP contribution in [0.15, 0.2) is 23.1 Å². The second kappa shape index (κ2) is 5.99. The van der Waals surface area contributed by atoms with Crippen molar-refractivity contribution in [3.63, 3.8) is 0 Å². The lowest BCUT2D eigenvalue weighted by atomic mass is 10.1. The molecule has 2 N–H and O–H groups in total. The number of anilines is 1. The van der Waals surface area contributed by atoms with E-state index in [1.165, 1.54) is 23.5 Å². The van der Waals surface area contributed by atoms with Gasteiger partial charge in [0.25, 0.3) is 0 Å². The zero-order valence-electron chi connectivity index (χ0n) is 11.7. The summed E-state index contributed by atoms with van der Waals surface area (Å²) in [6, 6.07) is 4.56. The first-order valence-electron chi connectivity index (χ1n) is 6.46. The molecule has 0 unspecified atom stereocenters. The fourth-order valence-corrected chi connectivity index (χ4v) is 3.80. The van der Waals surface area contributed by atoms with E-state index in [1.807, 2.05) is 0 Å². The summed E-state index contributed by atoms with van der Waals surface area (Å²) in [7, 11) is -0.494. The van der Waals surface area contributed by atoms with E-state index < -0.39 is 10.0 Å². The van der Waals surface area contributed by atoms with Crippen LogP contribution in [0.3, 0.4) is 0 Å². The number of sulfonamides is 1. The van der Waals surface area contributed by atoms with Gasteiger partial charge in [0.05, 0.1) is 12.8 Å². The molecule has 1 aliphatic heterocycles. The Morgan fingerprint density at radius 3 is 2.55 bits per heavy atom. The topological polar surface area (TPSA) is 81.9 Å². The average molecular weight is 300 g/mol. The van der Waals surface area contributed by atoms with Crippen LogP contribution in [0.4, 0.5) is 5.69 Å². The first-order chi connectivity index (χ1) is 9.46. The third-order valence-electron chi connectivity index (χ3n) is 3.58. The van der Waals surface area contributed by atoms with E-state index in [9.17, 15) is 8.42 Å². The van der Waals surface area contributed by atoms with Crippen LogP contribution in [-0.4, -0.2) is 46.1 Å². The van der Waals surface area contributed by atoms with E-state index in [0.717, 1.165) is 0 Å². The molecule has 6 nitrogen and oxygen atoms in total. The van der Waals surface area contributed by atoms with Gasteiger partial charge in [0.2, 0.25) is 10.0 Å². The van der Waals surface area contributed by atoms with E-state index in [4.69, 9.17) is 15.2 Å². The summed E-state index contributed by atoms with van der Waals surface area (Å²) < 4.78 is 36.9. The fraction of sp³-hybridized carbons (Fsp3) is 0.538. The van der Waals surface area contributed by atoms with E-state index in [0.29, 0.717) is 31.8 Å². The molecule has 1 aliphatic rings. The van der Waals surface area contributed by atoms with E-state index >= 15 is 0 Å². The Balaban J connectivity index is 2.29. The molecule has 1 fully saturated rings. The molecular formula is C13H20N2O4S. The molecular weight excluding hydrogens is 280 g/mol. The minimum absolute atomic E-state index is 0.0461. The van der Waals surface area contributed by atoms with Crippen molar-refractivity contribution >= 4 is 15.7 Å². The number of nitrogen functional groups attached to an aromatic ring is 1. The SMILES string of the molecule is COc1ccc(S(=O)(=O)N(C)C2CCOCC2)c(N)c1. The molecule has 0 spiro atoms. The molecule has 2 rings (SSSR count). The molecule has 1 saturated heterocycles. The quantitative estimate of drug-likeness (QED) is 0.841. The predicted octanol–water partition coefficient (Wildman–Crippen LogP) is 1.08. The van der Waals surface area contributed by atoms with Crippen molar-refractivity contribution in [3.05, 3.63) is 18.2 Å². The van der Waals surface area contributed by atoms with Gasteiger partial charge in [-0.15, -0.1) is 0 Å². The summed E-state index contributed by atoms with van der Waals surface area (Å²) in [5, 5.41) is 0. The van der Waals surface area contributed by atoms with Gasteiger partial charge in [-0.05, 0) is 25.0 Å². The van der Waals surface area contributed by atoms with Crippen molar-refractivity contribution in [1.29, 1.82) is 0 Å². The predicted molar refractivity (Wildman–Crippen MR) is 76.2 cm³/mol. The Hall–Kier alpha value is -1.31. The maximum Gasteiger partial charge on any atom is 0.245 e. The highest BCUT2D eigenvalue weighted by molar-refractivity contribution is 7.89. The molecule has 0 amide bonds. The van der Waals surface area contributed by atoms with Crippen LogP contribution in [0.2, 0.25) is 0 Å². The van der Waals surface area contributed by atoms with Crippen LogP contribution < -0.4 is 10.5 Å². The largest absolute Gasteiger partial charge is 0.497 e. The van der Waals surface area contributed by atoms with Crippen LogP contribution in [0, 0.1) is 0 Å². The first kappa shape index (κ1) is 15.1. The molecule has 0 aromatic heterocycles. The maximum absolute atomic E-state index is 12.6. The van der Waals surface area contributed by atoms with E-state index in [1.54, 1.807) is 13.1 Å². The molecule has 1 heterocycles. The molecule has 1 aromatic rings. The smallest absolute Gasteiger partial charge is 0.245 e. The van der Waals surface area contributed by atoms with Gasteiger partial charge in [-0.2, -0.15) is 4.31 Å². The lowest BCUT2D eigenvalue weighted by molar-refractivity contribution is 0.0632. The van der Waals surface area contributed by atoms with Crippen molar-refractivity contribution in [2.24, 2.45) is 0 Å². The maximum atomic E-state index is 12.6. The summed E-state index contributed by atoms with van der Waals surface area (Å²) in [6.45, 7) is 1.17. The first-order valence-corrected chi connectivity index (χ1v) is 7.90. The zero-order chi connectivity index (χ0) is 14.8. The van der Waals surface area contributed by atoms with Crippen LogP contribution >= 0.6 is 0 Å². The Morgan fingerprint density at radius 2 is 2.00 bits per heavy atom. The van der Waals surface area contributed by atoms with Gasteiger partial charge >= 0.3 is 0 Å². The van der Waals surface area contributed by atoms with Crippen LogP contribution in [0.5, 0.6) is 5.75 Å². The molecule has 0 atom stereocenters. The van der Waals surface area contributed by atoms with Crippen LogP contribution in [0.1, 0.15) is 12.8 Å². The second-order valence-corrected chi connectivity index (χ2v) is 6.73. The van der Waals surface area contributed by atoms with Gasteiger partial charge in [-0.25, -0.2) is 8.42 Å². The van der Waals surface area contributed by atoms with Crippen molar-refractivity contribution in [2.45, 2.75) is 23.8 Å². The van der Waals surface area contributed by atoms with Crippen LogP contribution in [0.25, 0.3) is 0 Å². The molecule has 0 radical (unpaired) electrons. The van der Waals surface area contributed by atoms with E-state index in [-0.39, 0.29) is 16.6 Å². The summed E-state index contributed by atoms with van der Waals surface area (Å²) in [6.07, 6.45) is 1.40. The fourth-order valence-electron chi connectivity index (χ4n) is 2.29. The molecule has 0 aliphatic carbocycles. The highest BCUT2D eigenvalue weighted by atomic mass is 32.2. The third kappa shape index (κ3) is 2.89. The Morgan fingerprint density at radius 1 is 1.35 bits per heavy atom. The number of ether oxygens (including phenoxy) is 2. The normalized spacial score (nSPS) is 17.4. The number of methoxy groups -OCH3 is 1. The van der Waals surface area contributed by atoms with Gasteiger partial charge in [0, 0.05) is 32.4 Å². The van der Waals surface area contributed by atoms with Crippen molar-refractivity contribution in [3.8, 4) is 5.75 Å². The number of nitrogens with two attached hydrogens (primary N) is 1. The highest BCUT2D eigenvalue weighted by Gasteiger charge is 2.30. The van der Waals surface area contributed by atoms with Crippen LogP contribution in [-0.2, 0) is 14.8 Å². The number of rotatable bonds is 4. The van der Waals surface area contributed by atoms with Crippen molar-refractivity contribution in [1.82, 2.24) is 4.31 Å². The van der Waals surface area contributed by atoms with Gasteiger partial charge in [-0.3, -0.25) is 0 Å².